The molecule has 0 amide bonds. The minimum absolute atomic E-state index is 0.0655. The zero-order valence-corrected chi connectivity index (χ0v) is 44.5. The van der Waals surface area contributed by atoms with E-state index in [1.165, 1.54) is 57.6 Å². The van der Waals surface area contributed by atoms with Crippen LogP contribution in [0.1, 0.15) is 77.0 Å². The number of halogens is 2. The number of fused-ring (bicyclic) bond motifs is 4. The maximum absolute atomic E-state index is 14.6. The molecule has 77 heavy (non-hydrogen) atoms. The van der Waals surface area contributed by atoms with E-state index in [2.05, 4.69) is 214 Å². The van der Waals surface area contributed by atoms with Crippen LogP contribution < -0.4 is 14.5 Å². The molecular weight excluding hydrogens is 951 g/mol. The molecular formula is C70H60F2N4O. The maximum atomic E-state index is 14.6. The summed E-state index contributed by atoms with van der Waals surface area (Å²) in [6.07, 6.45) is 1.91. The van der Waals surface area contributed by atoms with Gasteiger partial charge in [-0.05, 0) is 146 Å². The van der Waals surface area contributed by atoms with Crippen molar-refractivity contribution in [3.05, 3.63) is 241 Å². The first-order chi connectivity index (χ1) is 37.3. The van der Waals surface area contributed by atoms with E-state index in [1.54, 1.807) is 0 Å². The van der Waals surface area contributed by atoms with Gasteiger partial charge in [0, 0.05) is 45.9 Å². The van der Waals surface area contributed by atoms with Crippen LogP contribution >= 0.6 is 0 Å². The van der Waals surface area contributed by atoms with Crippen molar-refractivity contribution in [2.45, 2.75) is 65.7 Å². The predicted molar refractivity (Wildman–Crippen MR) is 316 cm³/mol. The zero-order chi connectivity index (χ0) is 53.1. The van der Waals surface area contributed by atoms with Gasteiger partial charge in [-0.15, -0.1) is 0 Å². The topological polar surface area (TPSA) is 33.5 Å². The number of ether oxygens (including phenoxy) is 1. The van der Waals surface area contributed by atoms with Gasteiger partial charge in [0.2, 0.25) is 0 Å². The van der Waals surface area contributed by atoms with Crippen molar-refractivity contribution in [2.24, 2.45) is 0 Å². The van der Waals surface area contributed by atoms with Crippen LogP contribution in [0.5, 0.6) is 11.5 Å². The average molecular weight is 1010 g/mol. The lowest BCUT2D eigenvalue weighted by Crippen LogP contribution is -2.25. The third-order valence-electron chi connectivity index (χ3n) is 15.1. The summed E-state index contributed by atoms with van der Waals surface area (Å²) in [6.45, 7) is 16.3. The van der Waals surface area contributed by atoms with Gasteiger partial charge >= 0.3 is 0 Å². The second kappa shape index (κ2) is 19.7. The summed E-state index contributed by atoms with van der Waals surface area (Å²) in [5, 5.41) is 2.25. The minimum atomic E-state index is -0.304. The van der Waals surface area contributed by atoms with Gasteiger partial charge in [-0.2, -0.15) is 0 Å². The van der Waals surface area contributed by atoms with E-state index in [4.69, 9.17) is 9.72 Å². The standard InChI is InChI=1S/C70H60F2N4O/c1-44(2)61-38-49(46-16-9-8-10-17-46)39-62(45(3)4)68(61)50-36-54(41-56(37-50)77-55-32-33-60-59-18-11-12-21-63(59)76(66(60)42-55)67-40-51(34-35-73-67)70(5,6)7)74-43-75(65-23-14-13-22-64(65)74)69-57(47-24-28-52(71)29-25-47)19-15-20-58(69)48-26-30-53(72)31-27-48/h8-42,44-45H,43H2,1-7H3. The third kappa shape index (κ3) is 9.20. The molecule has 0 fully saturated rings. The monoisotopic (exact) mass is 1010 g/mol. The number of rotatable bonds is 11. The van der Waals surface area contributed by atoms with Crippen molar-refractivity contribution in [2.75, 3.05) is 16.5 Å². The zero-order valence-electron chi connectivity index (χ0n) is 44.5. The molecule has 0 unspecified atom stereocenters. The Morgan fingerprint density at radius 2 is 1.08 bits per heavy atom. The van der Waals surface area contributed by atoms with Gasteiger partial charge < -0.3 is 14.5 Å². The molecule has 5 nitrogen and oxygen atoms in total. The Hall–Kier alpha value is -8.81. The first-order valence-electron chi connectivity index (χ1n) is 26.6. The number of pyridine rings is 1. The highest BCUT2D eigenvalue weighted by Crippen LogP contribution is 2.52. The van der Waals surface area contributed by atoms with E-state index >= 15 is 0 Å². The van der Waals surface area contributed by atoms with Gasteiger partial charge in [0.15, 0.2) is 0 Å². The Bertz CT molecular complexity index is 3910. The van der Waals surface area contributed by atoms with E-state index in [9.17, 15) is 8.78 Å². The molecule has 0 aliphatic carbocycles. The summed E-state index contributed by atoms with van der Waals surface area (Å²) in [5.74, 6) is 2.04. The van der Waals surface area contributed by atoms with Crippen molar-refractivity contribution in [1.29, 1.82) is 0 Å². The SMILES string of the molecule is CC(C)c1cc(-c2ccccc2)cc(C(C)C)c1-c1cc(Oc2ccc3c4ccccc4n(-c4cc(C(C)(C)C)ccn4)c3c2)cc(N2CN(c3c(-c4ccc(F)cc4)cccc3-c3ccc(F)cc3)c3ccccc32)c1. The van der Waals surface area contributed by atoms with Crippen LogP contribution in [0.15, 0.2) is 212 Å². The normalized spacial score (nSPS) is 12.6. The molecule has 0 saturated heterocycles. The molecule has 7 heteroatoms. The molecule has 0 saturated carbocycles. The van der Waals surface area contributed by atoms with E-state index in [0.29, 0.717) is 18.2 Å². The molecule has 2 aromatic heterocycles. The smallest absolute Gasteiger partial charge is 0.137 e. The Labute approximate surface area is 450 Å². The van der Waals surface area contributed by atoms with Gasteiger partial charge in [-0.1, -0.05) is 164 Å². The van der Waals surface area contributed by atoms with Crippen molar-refractivity contribution in [3.63, 3.8) is 0 Å². The van der Waals surface area contributed by atoms with Crippen LogP contribution in [0.3, 0.4) is 0 Å². The molecule has 0 spiro atoms. The van der Waals surface area contributed by atoms with E-state index in [1.807, 2.05) is 36.5 Å². The molecule has 380 valence electrons. The Morgan fingerprint density at radius 1 is 0.481 bits per heavy atom. The second-order valence-corrected chi connectivity index (χ2v) is 21.9. The van der Waals surface area contributed by atoms with Crippen molar-refractivity contribution >= 4 is 44.6 Å². The number of anilines is 4. The van der Waals surface area contributed by atoms with Crippen LogP contribution in [-0.4, -0.2) is 16.2 Å². The summed E-state index contributed by atoms with van der Waals surface area (Å²) in [6, 6.07) is 69.3. The van der Waals surface area contributed by atoms with Crippen LogP contribution in [-0.2, 0) is 5.41 Å². The molecule has 0 atom stereocenters. The van der Waals surface area contributed by atoms with Crippen molar-refractivity contribution in [3.8, 4) is 61.8 Å². The van der Waals surface area contributed by atoms with Gasteiger partial charge in [0.1, 0.15) is 35.6 Å². The number of para-hydroxylation sites is 4. The van der Waals surface area contributed by atoms with E-state index in [-0.39, 0.29) is 28.9 Å². The van der Waals surface area contributed by atoms with Crippen LogP contribution in [0.25, 0.3) is 72.1 Å². The minimum Gasteiger partial charge on any atom is -0.457 e. The fourth-order valence-electron chi connectivity index (χ4n) is 11.3. The van der Waals surface area contributed by atoms with Gasteiger partial charge in [0.25, 0.3) is 0 Å². The second-order valence-electron chi connectivity index (χ2n) is 21.9. The quantitative estimate of drug-likeness (QED) is 0.129. The molecule has 0 N–H and O–H groups in total. The summed E-state index contributed by atoms with van der Waals surface area (Å²) in [7, 11) is 0. The lowest BCUT2D eigenvalue weighted by molar-refractivity contribution is 0.483. The van der Waals surface area contributed by atoms with Crippen molar-refractivity contribution in [1.82, 2.24) is 9.55 Å². The molecule has 12 rings (SSSR count). The number of aromatic nitrogens is 2. The van der Waals surface area contributed by atoms with Gasteiger partial charge in [0.05, 0.1) is 28.1 Å². The van der Waals surface area contributed by atoms with Gasteiger partial charge in [-0.25, -0.2) is 13.8 Å². The van der Waals surface area contributed by atoms with E-state index in [0.717, 1.165) is 78.2 Å². The Balaban J connectivity index is 1.06. The number of hydrogen-bond acceptors (Lipinski definition) is 4. The van der Waals surface area contributed by atoms with Crippen LogP contribution in [0, 0.1) is 11.6 Å². The number of nitrogens with zero attached hydrogens (tertiary/aromatic N) is 4. The highest BCUT2D eigenvalue weighted by atomic mass is 19.1. The molecule has 0 radical (unpaired) electrons. The van der Waals surface area contributed by atoms with Crippen molar-refractivity contribution < 1.29 is 13.5 Å². The predicted octanol–water partition coefficient (Wildman–Crippen LogP) is 19.7. The first kappa shape index (κ1) is 49.1. The maximum Gasteiger partial charge on any atom is 0.137 e. The molecule has 9 aromatic carbocycles. The van der Waals surface area contributed by atoms with Gasteiger partial charge in [-0.3, -0.25) is 4.57 Å². The summed E-state index contributed by atoms with van der Waals surface area (Å²) in [5.41, 5.74) is 17.8. The Kier molecular flexibility index (Phi) is 12.6. The molecule has 1 aliphatic heterocycles. The fraction of sp³-hybridized carbons (Fsp3) is 0.157. The molecule has 3 heterocycles. The fourth-order valence-corrected chi connectivity index (χ4v) is 11.3. The summed E-state index contributed by atoms with van der Waals surface area (Å²) < 4.78 is 38.6. The largest absolute Gasteiger partial charge is 0.457 e. The highest BCUT2D eigenvalue weighted by molar-refractivity contribution is 6.09. The third-order valence-corrected chi connectivity index (χ3v) is 15.1. The van der Waals surface area contributed by atoms with Crippen LogP contribution in [0.2, 0.25) is 0 Å². The number of hydrogen-bond donors (Lipinski definition) is 0. The van der Waals surface area contributed by atoms with Crippen LogP contribution in [0.4, 0.5) is 31.5 Å². The highest BCUT2D eigenvalue weighted by Gasteiger charge is 2.32. The number of benzene rings is 9. The molecule has 0 bridgehead atoms. The molecule has 1 aliphatic rings. The Morgan fingerprint density at radius 3 is 1.71 bits per heavy atom. The van der Waals surface area contributed by atoms with E-state index < -0.39 is 0 Å². The summed E-state index contributed by atoms with van der Waals surface area (Å²) >= 11 is 0. The first-order valence-corrected chi connectivity index (χ1v) is 26.6. The lowest BCUT2D eigenvalue weighted by Gasteiger charge is -2.28. The average Bonchev–Trinajstić information content (AvgIpc) is 4.00. The molecule has 11 aromatic rings. The summed E-state index contributed by atoms with van der Waals surface area (Å²) in [4.78, 5) is 9.66. The lowest BCUT2D eigenvalue weighted by atomic mass is 9.82.